The largest absolute Gasteiger partial charge is 0.350 e. The van der Waals surface area contributed by atoms with E-state index in [1.165, 1.54) is 25.7 Å². The minimum atomic E-state index is 0.0417. The molecule has 1 aliphatic carbocycles. The lowest BCUT2D eigenvalue weighted by atomic mass is 10.1. The Morgan fingerprint density at radius 2 is 1.80 bits per heavy atom. The Kier molecular flexibility index (Phi) is 5.83. The maximum Gasteiger partial charge on any atom is 0.244 e. The molecule has 84 valence electrons. The van der Waals surface area contributed by atoms with E-state index < -0.39 is 0 Å². The van der Waals surface area contributed by atoms with Gasteiger partial charge in [-0.2, -0.15) is 0 Å². The number of allylic oxidation sites excluding steroid dienone is 3. The number of hydrogen-bond donors (Lipinski definition) is 1. The molecule has 1 rings (SSSR count). The summed E-state index contributed by atoms with van der Waals surface area (Å²) in [5.41, 5.74) is 0. The van der Waals surface area contributed by atoms with Gasteiger partial charge in [-0.25, -0.2) is 0 Å². The second kappa shape index (κ2) is 7.27. The quantitative estimate of drug-likeness (QED) is 0.430. The van der Waals surface area contributed by atoms with Gasteiger partial charge in [-0.1, -0.05) is 43.9 Å². The van der Waals surface area contributed by atoms with Crippen LogP contribution in [0.5, 0.6) is 0 Å². The Morgan fingerprint density at radius 3 is 2.40 bits per heavy atom. The van der Waals surface area contributed by atoms with Crippen LogP contribution in [0.3, 0.4) is 0 Å². The van der Waals surface area contributed by atoms with Crippen molar-refractivity contribution in [2.45, 2.75) is 51.5 Å². The Labute approximate surface area is 92.4 Å². The van der Waals surface area contributed by atoms with Crippen LogP contribution in [0.15, 0.2) is 24.3 Å². The van der Waals surface area contributed by atoms with Crippen LogP contribution in [0.25, 0.3) is 0 Å². The second-order valence-electron chi connectivity index (χ2n) is 4.08. The van der Waals surface area contributed by atoms with Crippen LogP contribution in [0, 0.1) is 0 Å². The van der Waals surface area contributed by atoms with E-state index in [0.29, 0.717) is 6.04 Å². The predicted molar refractivity (Wildman–Crippen MR) is 63.6 cm³/mol. The molecule has 0 spiro atoms. The highest BCUT2D eigenvalue weighted by molar-refractivity contribution is 5.87. The maximum absolute atomic E-state index is 11.5. The van der Waals surface area contributed by atoms with Crippen molar-refractivity contribution in [3.05, 3.63) is 24.3 Å². The van der Waals surface area contributed by atoms with Gasteiger partial charge in [-0.05, 0) is 19.8 Å². The molecule has 0 bridgehead atoms. The Hall–Kier alpha value is -1.05. The Morgan fingerprint density at radius 1 is 1.13 bits per heavy atom. The molecular weight excluding hydrogens is 186 g/mol. The van der Waals surface area contributed by atoms with Gasteiger partial charge in [0.15, 0.2) is 0 Å². The van der Waals surface area contributed by atoms with Crippen molar-refractivity contribution in [1.29, 1.82) is 0 Å². The summed E-state index contributed by atoms with van der Waals surface area (Å²) in [5.74, 6) is 0.0417. The van der Waals surface area contributed by atoms with Crippen LogP contribution in [-0.2, 0) is 4.79 Å². The van der Waals surface area contributed by atoms with Crippen LogP contribution in [0.2, 0.25) is 0 Å². The van der Waals surface area contributed by atoms with Crippen LogP contribution < -0.4 is 5.32 Å². The SMILES string of the molecule is CC=CC=CC(=O)NC1CCCCCC1. The van der Waals surface area contributed by atoms with E-state index >= 15 is 0 Å². The molecule has 0 radical (unpaired) electrons. The lowest BCUT2D eigenvalue weighted by molar-refractivity contribution is -0.117. The van der Waals surface area contributed by atoms with Crippen molar-refractivity contribution in [3.8, 4) is 0 Å². The minimum absolute atomic E-state index is 0.0417. The number of carbonyl (C=O) groups excluding carboxylic acids is 1. The molecule has 0 aliphatic heterocycles. The van der Waals surface area contributed by atoms with Crippen molar-refractivity contribution >= 4 is 5.91 Å². The fraction of sp³-hybridized carbons (Fsp3) is 0.615. The van der Waals surface area contributed by atoms with Crippen molar-refractivity contribution in [1.82, 2.24) is 5.32 Å². The molecular formula is C13H21NO. The first-order valence-corrected chi connectivity index (χ1v) is 5.93. The van der Waals surface area contributed by atoms with Gasteiger partial charge >= 0.3 is 0 Å². The average molecular weight is 207 g/mol. The molecule has 1 amide bonds. The molecule has 1 saturated carbocycles. The van der Waals surface area contributed by atoms with Crippen LogP contribution in [0.4, 0.5) is 0 Å². The first kappa shape index (κ1) is 12.0. The summed E-state index contributed by atoms with van der Waals surface area (Å²) < 4.78 is 0. The lowest BCUT2D eigenvalue weighted by Crippen LogP contribution is -2.33. The zero-order chi connectivity index (χ0) is 10.9. The van der Waals surface area contributed by atoms with Gasteiger partial charge in [0.05, 0.1) is 0 Å². The molecule has 1 aliphatic rings. The highest BCUT2D eigenvalue weighted by Crippen LogP contribution is 2.16. The van der Waals surface area contributed by atoms with E-state index in [9.17, 15) is 4.79 Å². The van der Waals surface area contributed by atoms with E-state index in [2.05, 4.69) is 5.32 Å². The van der Waals surface area contributed by atoms with E-state index in [1.54, 1.807) is 12.2 Å². The van der Waals surface area contributed by atoms with Crippen molar-refractivity contribution < 1.29 is 4.79 Å². The number of amides is 1. The molecule has 0 atom stereocenters. The van der Waals surface area contributed by atoms with Crippen molar-refractivity contribution in [3.63, 3.8) is 0 Å². The summed E-state index contributed by atoms with van der Waals surface area (Å²) in [6.45, 7) is 1.94. The molecule has 0 saturated heterocycles. The summed E-state index contributed by atoms with van der Waals surface area (Å²) in [7, 11) is 0. The fourth-order valence-corrected chi connectivity index (χ4v) is 1.93. The van der Waals surface area contributed by atoms with Crippen LogP contribution >= 0.6 is 0 Å². The lowest BCUT2D eigenvalue weighted by Gasteiger charge is -2.14. The van der Waals surface area contributed by atoms with Gasteiger partial charge in [0, 0.05) is 12.1 Å². The molecule has 0 unspecified atom stereocenters. The third kappa shape index (κ3) is 5.40. The highest BCUT2D eigenvalue weighted by Gasteiger charge is 2.12. The van der Waals surface area contributed by atoms with Crippen LogP contribution in [0.1, 0.15) is 45.4 Å². The number of hydrogen-bond acceptors (Lipinski definition) is 1. The molecule has 15 heavy (non-hydrogen) atoms. The molecule has 0 aromatic carbocycles. The molecule has 1 N–H and O–H groups in total. The standard InChI is InChI=1S/C13H21NO/c1-2-3-6-11-13(15)14-12-9-7-4-5-8-10-12/h2-3,6,11-12H,4-5,7-10H2,1H3,(H,14,15). The minimum Gasteiger partial charge on any atom is -0.350 e. The van der Waals surface area contributed by atoms with E-state index in [-0.39, 0.29) is 5.91 Å². The highest BCUT2D eigenvalue weighted by atomic mass is 16.1. The molecule has 0 aromatic rings. The predicted octanol–water partition coefficient (Wildman–Crippen LogP) is 2.96. The smallest absolute Gasteiger partial charge is 0.244 e. The zero-order valence-electron chi connectivity index (χ0n) is 9.54. The number of nitrogens with one attached hydrogen (secondary N) is 1. The van der Waals surface area contributed by atoms with Gasteiger partial charge in [0.2, 0.25) is 5.91 Å². The second-order valence-corrected chi connectivity index (χ2v) is 4.08. The molecule has 0 aromatic heterocycles. The topological polar surface area (TPSA) is 29.1 Å². The molecule has 0 heterocycles. The third-order valence-corrected chi connectivity index (χ3v) is 2.75. The number of rotatable bonds is 3. The summed E-state index contributed by atoms with van der Waals surface area (Å²) in [6, 6.07) is 0.398. The van der Waals surface area contributed by atoms with Crippen molar-refractivity contribution in [2.75, 3.05) is 0 Å². The Bertz CT molecular complexity index is 235. The first-order valence-electron chi connectivity index (χ1n) is 5.93. The van der Waals surface area contributed by atoms with Gasteiger partial charge in [-0.15, -0.1) is 0 Å². The third-order valence-electron chi connectivity index (χ3n) is 2.75. The van der Waals surface area contributed by atoms with Crippen molar-refractivity contribution in [2.24, 2.45) is 0 Å². The monoisotopic (exact) mass is 207 g/mol. The van der Waals surface area contributed by atoms with E-state index in [1.807, 2.05) is 19.1 Å². The summed E-state index contributed by atoms with van der Waals surface area (Å²) in [4.78, 5) is 11.5. The van der Waals surface area contributed by atoms with Gasteiger partial charge in [-0.3, -0.25) is 4.79 Å². The summed E-state index contributed by atoms with van der Waals surface area (Å²) >= 11 is 0. The average Bonchev–Trinajstić information content (AvgIpc) is 2.47. The number of carbonyl (C=O) groups is 1. The molecule has 1 fully saturated rings. The van der Waals surface area contributed by atoms with Gasteiger partial charge in [0.25, 0.3) is 0 Å². The van der Waals surface area contributed by atoms with Crippen LogP contribution in [-0.4, -0.2) is 11.9 Å². The Balaban J connectivity index is 2.29. The fourth-order valence-electron chi connectivity index (χ4n) is 1.93. The van der Waals surface area contributed by atoms with Gasteiger partial charge in [0.1, 0.15) is 0 Å². The summed E-state index contributed by atoms with van der Waals surface area (Å²) in [6.07, 6.45) is 14.6. The normalized spacial score (nSPS) is 19.5. The van der Waals surface area contributed by atoms with Gasteiger partial charge < -0.3 is 5.32 Å². The molecule has 2 nitrogen and oxygen atoms in total. The molecule has 2 heteroatoms. The van der Waals surface area contributed by atoms with E-state index in [4.69, 9.17) is 0 Å². The summed E-state index contributed by atoms with van der Waals surface area (Å²) in [5, 5.41) is 3.06. The van der Waals surface area contributed by atoms with E-state index in [0.717, 1.165) is 12.8 Å². The maximum atomic E-state index is 11.5. The zero-order valence-corrected chi connectivity index (χ0v) is 9.54. The first-order chi connectivity index (χ1) is 7.33.